The van der Waals surface area contributed by atoms with Crippen LogP contribution < -0.4 is 9.04 Å². The highest BCUT2D eigenvalue weighted by Crippen LogP contribution is 2.34. The van der Waals surface area contributed by atoms with Crippen LogP contribution in [0.3, 0.4) is 0 Å². The number of sulfonamides is 1. The van der Waals surface area contributed by atoms with E-state index in [-0.39, 0.29) is 11.4 Å². The molecule has 0 spiro atoms. The lowest BCUT2D eigenvalue weighted by molar-refractivity contribution is -0.384. The first kappa shape index (κ1) is 14.6. The number of hydrogen-bond donors (Lipinski definition) is 0. The van der Waals surface area contributed by atoms with E-state index >= 15 is 0 Å². The second-order valence-electron chi connectivity index (χ2n) is 4.89. The molecule has 20 heavy (non-hydrogen) atoms. The predicted molar refractivity (Wildman–Crippen MR) is 74.6 cm³/mol. The van der Waals surface area contributed by atoms with Crippen molar-refractivity contribution in [3.8, 4) is 5.75 Å². The van der Waals surface area contributed by atoms with Crippen LogP contribution in [0.5, 0.6) is 5.75 Å². The molecule has 7 nitrogen and oxygen atoms in total. The molecule has 0 bridgehead atoms. The van der Waals surface area contributed by atoms with Crippen molar-refractivity contribution in [3.05, 3.63) is 28.3 Å². The van der Waals surface area contributed by atoms with E-state index in [1.54, 1.807) is 0 Å². The van der Waals surface area contributed by atoms with Gasteiger partial charge in [0.25, 0.3) is 5.69 Å². The first-order valence-electron chi connectivity index (χ1n) is 6.14. The first-order chi connectivity index (χ1) is 9.29. The molecule has 0 aliphatic heterocycles. The van der Waals surface area contributed by atoms with Gasteiger partial charge in [-0.1, -0.05) is 0 Å². The summed E-state index contributed by atoms with van der Waals surface area (Å²) in [7, 11) is -2.29. The van der Waals surface area contributed by atoms with Gasteiger partial charge >= 0.3 is 0 Å². The van der Waals surface area contributed by atoms with E-state index in [1.165, 1.54) is 25.2 Å². The van der Waals surface area contributed by atoms with Crippen LogP contribution in [-0.2, 0) is 10.0 Å². The first-order valence-corrected chi connectivity index (χ1v) is 7.99. The summed E-state index contributed by atoms with van der Waals surface area (Å²) in [5.74, 6) is 0.981. The molecule has 110 valence electrons. The number of nitro groups is 1. The number of hydrogen-bond acceptors (Lipinski definition) is 5. The molecule has 8 heteroatoms. The maximum atomic E-state index is 11.6. The topological polar surface area (TPSA) is 89.8 Å². The SMILES string of the molecule is CN(c1cc(OCC2CC2)ccc1[N+](=O)[O-])S(C)(=O)=O. The van der Waals surface area contributed by atoms with E-state index in [4.69, 9.17) is 4.74 Å². The van der Waals surface area contributed by atoms with Crippen molar-refractivity contribution >= 4 is 21.4 Å². The lowest BCUT2D eigenvalue weighted by atomic mass is 10.2. The highest BCUT2D eigenvalue weighted by Gasteiger charge is 2.25. The summed E-state index contributed by atoms with van der Waals surface area (Å²) in [6, 6.07) is 4.14. The van der Waals surface area contributed by atoms with Crippen LogP contribution in [0, 0.1) is 16.0 Å². The van der Waals surface area contributed by atoms with Crippen LogP contribution in [0.15, 0.2) is 18.2 Å². The number of ether oxygens (including phenoxy) is 1. The number of benzene rings is 1. The van der Waals surface area contributed by atoms with Crippen molar-refractivity contribution in [2.75, 3.05) is 24.2 Å². The Balaban J connectivity index is 2.32. The van der Waals surface area contributed by atoms with Gasteiger partial charge in [-0.2, -0.15) is 0 Å². The van der Waals surface area contributed by atoms with Gasteiger partial charge in [-0.3, -0.25) is 14.4 Å². The number of nitrogens with zero attached hydrogens (tertiary/aromatic N) is 2. The van der Waals surface area contributed by atoms with E-state index in [2.05, 4.69) is 0 Å². The van der Waals surface area contributed by atoms with Gasteiger partial charge in [0.1, 0.15) is 11.4 Å². The van der Waals surface area contributed by atoms with Crippen molar-refractivity contribution in [3.63, 3.8) is 0 Å². The van der Waals surface area contributed by atoms with E-state index in [0.29, 0.717) is 18.3 Å². The Morgan fingerprint density at radius 3 is 2.60 bits per heavy atom. The van der Waals surface area contributed by atoms with Gasteiger partial charge in [-0.15, -0.1) is 0 Å². The lowest BCUT2D eigenvalue weighted by Crippen LogP contribution is -2.25. The Morgan fingerprint density at radius 2 is 2.10 bits per heavy atom. The fraction of sp³-hybridized carbons (Fsp3) is 0.500. The van der Waals surface area contributed by atoms with Crippen molar-refractivity contribution in [2.24, 2.45) is 5.92 Å². The zero-order valence-electron chi connectivity index (χ0n) is 11.3. The Morgan fingerprint density at radius 1 is 1.45 bits per heavy atom. The zero-order chi connectivity index (χ0) is 14.9. The molecule has 0 saturated heterocycles. The summed E-state index contributed by atoms with van der Waals surface area (Å²) in [5.41, 5.74) is -0.262. The van der Waals surface area contributed by atoms with Crippen molar-refractivity contribution in [2.45, 2.75) is 12.8 Å². The largest absolute Gasteiger partial charge is 0.493 e. The molecule has 0 atom stereocenters. The minimum absolute atomic E-state index is 0.00537. The molecule has 1 saturated carbocycles. The molecule has 0 amide bonds. The van der Waals surface area contributed by atoms with Crippen LogP contribution in [0.25, 0.3) is 0 Å². The van der Waals surface area contributed by atoms with Crippen molar-refractivity contribution in [1.29, 1.82) is 0 Å². The summed E-state index contributed by atoms with van der Waals surface area (Å²) >= 11 is 0. The minimum Gasteiger partial charge on any atom is -0.493 e. The Bertz CT molecular complexity index is 625. The van der Waals surface area contributed by atoms with Crippen molar-refractivity contribution in [1.82, 2.24) is 0 Å². The average molecular weight is 300 g/mol. The summed E-state index contributed by atoms with van der Waals surface area (Å²) in [6.07, 6.45) is 3.25. The van der Waals surface area contributed by atoms with E-state index < -0.39 is 14.9 Å². The average Bonchev–Trinajstić information content (AvgIpc) is 3.17. The monoisotopic (exact) mass is 300 g/mol. The third-order valence-corrected chi connectivity index (χ3v) is 4.35. The van der Waals surface area contributed by atoms with Gasteiger partial charge in [-0.05, 0) is 24.8 Å². The number of nitro benzene ring substituents is 1. The second kappa shape index (κ2) is 5.28. The zero-order valence-corrected chi connectivity index (χ0v) is 12.1. The molecule has 0 radical (unpaired) electrons. The molecule has 1 fully saturated rings. The molecule has 2 rings (SSSR count). The van der Waals surface area contributed by atoms with Gasteiger partial charge in [0, 0.05) is 19.2 Å². The smallest absolute Gasteiger partial charge is 0.293 e. The van der Waals surface area contributed by atoms with Gasteiger partial charge in [0.2, 0.25) is 10.0 Å². The van der Waals surface area contributed by atoms with Gasteiger partial charge in [-0.25, -0.2) is 8.42 Å². The normalized spacial score (nSPS) is 14.9. The molecule has 1 aromatic carbocycles. The van der Waals surface area contributed by atoms with E-state index in [9.17, 15) is 18.5 Å². The molecular formula is C12H16N2O5S. The Hall–Kier alpha value is -1.83. The fourth-order valence-corrected chi connectivity index (χ4v) is 2.18. The van der Waals surface area contributed by atoms with Crippen LogP contribution in [-0.4, -0.2) is 33.3 Å². The highest BCUT2D eigenvalue weighted by molar-refractivity contribution is 7.92. The van der Waals surface area contributed by atoms with Crippen LogP contribution in [0.4, 0.5) is 11.4 Å². The fourth-order valence-electron chi connectivity index (χ4n) is 1.68. The third kappa shape index (κ3) is 3.38. The van der Waals surface area contributed by atoms with E-state index in [0.717, 1.165) is 23.4 Å². The summed E-state index contributed by atoms with van der Waals surface area (Å²) < 4.78 is 29.5. The van der Waals surface area contributed by atoms with Crippen LogP contribution in [0.2, 0.25) is 0 Å². The third-order valence-electron chi connectivity index (χ3n) is 3.16. The van der Waals surface area contributed by atoms with Crippen LogP contribution in [0.1, 0.15) is 12.8 Å². The van der Waals surface area contributed by atoms with Gasteiger partial charge in [0.15, 0.2) is 0 Å². The molecule has 1 aliphatic rings. The second-order valence-corrected chi connectivity index (χ2v) is 6.91. The number of anilines is 1. The molecule has 0 unspecified atom stereocenters. The summed E-state index contributed by atoms with van der Waals surface area (Å²) in [4.78, 5) is 10.4. The Kier molecular flexibility index (Phi) is 3.85. The maximum absolute atomic E-state index is 11.6. The lowest BCUT2D eigenvalue weighted by Gasteiger charge is -2.17. The van der Waals surface area contributed by atoms with E-state index in [1.807, 2.05) is 0 Å². The predicted octanol–water partition coefficient (Wildman–Crippen LogP) is 1.78. The van der Waals surface area contributed by atoms with Crippen LogP contribution >= 0.6 is 0 Å². The van der Waals surface area contributed by atoms with Gasteiger partial charge in [0.05, 0.1) is 17.8 Å². The maximum Gasteiger partial charge on any atom is 0.293 e. The van der Waals surface area contributed by atoms with Crippen molar-refractivity contribution < 1.29 is 18.1 Å². The molecular weight excluding hydrogens is 284 g/mol. The molecule has 1 aromatic rings. The Labute approximate surface area is 117 Å². The van der Waals surface area contributed by atoms with Gasteiger partial charge < -0.3 is 4.74 Å². The minimum atomic E-state index is -3.57. The quantitative estimate of drug-likeness (QED) is 0.590. The molecule has 0 aromatic heterocycles. The number of rotatable bonds is 6. The molecule has 0 heterocycles. The molecule has 0 N–H and O–H groups in total. The summed E-state index contributed by atoms with van der Waals surface area (Å²) in [6.45, 7) is 0.555. The standard InChI is InChI=1S/C12H16N2O5S/c1-13(20(2,17)18)12-7-10(19-8-9-3-4-9)5-6-11(12)14(15)16/h5-7,9H,3-4,8H2,1-2H3. The highest BCUT2D eigenvalue weighted by atomic mass is 32.2. The molecule has 1 aliphatic carbocycles. The summed E-state index contributed by atoms with van der Waals surface area (Å²) in [5, 5.41) is 11.0.